The first-order valence-electron chi connectivity index (χ1n) is 6.23. The van der Waals surface area contributed by atoms with E-state index < -0.39 is 10.0 Å². The Morgan fingerprint density at radius 2 is 1.70 bits per heavy atom. The van der Waals surface area contributed by atoms with Gasteiger partial charge in [0.15, 0.2) is 0 Å². The van der Waals surface area contributed by atoms with E-state index in [0.29, 0.717) is 4.90 Å². The third-order valence-electron chi connectivity index (χ3n) is 2.94. The Kier molecular flexibility index (Phi) is 4.93. The maximum atomic E-state index is 11.9. The lowest BCUT2D eigenvalue weighted by Gasteiger charge is -2.11. The first kappa shape index (κ1) is 15.2. The van der Waals surface area contributed by atoms with Crippen molar-refractivity contribution in [1.29, 1.82) is 0 Å². The molecule has 0 atom stereocenters. The lowest BCUT2D eigenvalue weighted by molar-refractivity contribution is 0.520. The number of benzene rings is 1. The Morgan fingerprint density at radius 3 is 2.25 bits per heavy atom. The van der Waals surface area contributed by atoms with Crippen LogP contribution >= 0.6 is 11.3 Å². The van der Waals surface area contributed by atoms with Crippen LogP contribution in [0.5, 0.6) is 0 Å². The largest absolute Gasteiger partial charge is 0.309 e. The summed E-state index contributed by atoms with van der Waals surface area (Å²) in [6, 6.07) is 9.08. The standard InChI is InChI=1S/C14H18N2O2S2/c1-16(2)20(17,18)14-5-3-12(4-6-14)9-15-10-13-7-8-19-11-13/h3-8,11,15H,9-10H2,1-2H3. The molecule has 6 heteroatoms. The van der Waals surface area contributed by atoms with Crippen LogP contribution in [0.1, 0.15) is 11.1 Å². The van der Waals surface area contributed by atoms with Gasteiger partial charge in [-0.1, -0.05) is 12.1 Å². The average Bonchev–Trinajstić information content (AvgIpc) is 2.92. The Balaban J connectivity index is 1.95. The van der Waals surface area contributed by atoms with Crippen molar-refractivity contribution in [1.82, 2.24) is 9.62 Å². The summed E-state index contributed by atoms with van der Waals surface area (Å²) < 4.78 is 25.1. The first-order chi connectivity index (χ1) is 9.50. The van der Waals surface area contributed by atoms with Crippen LogP contribution in [0.4, 0.5) is 0 Å². The number of thiophene rings is 1. The normalized spacial score (nSPS) is 11.9. The highest BCUT2D eigenvalue weighted by Crippen LogP contribution is 2.14. The topological polar surface area (TPSA) is 49.4 Å². The van der Waals surface area contributed by atoms with Gasteiger partial charge in [0.2, 0.25) is 10.0 Å². The second-order valence-corrected chi connectivity index (χ2v) is 7.60. The van der Waals surface area contributed by atoms with E-state index in [-0.39, 0.29) is 0 Å². The van der Waals surface area contributed by atoms with Gasteiger partial charge >= 0.3 is 0 Å². The molecule has 1 aromatic carbocycles. The maximum Gasteiger partial charge on any atom is 0.242 e. The lowest BCUT2D eigenvalue weighted by Crippen LogP contribution is -2.22. The minimum Gasteiger partial charge on any atom is -0.309 e. The molecular formula is C14H18N2O2S2. The molecule has 2 rings (SSSR count). The molecule has 0 saturated carbocycles. The molecule has 0 fully saturated rings. The molecular weight excluding hydrogens is 292 g/mol. The molecule has 1 N–H and O–H groups in total. The fourth-order valence-corrected chi connectivity index (χ4v) is 3.30. The molecule has 0 aliphatic heterocycles. The molecule has 0 radical (unpaired) electrons. The summed E-state index contributed by atoms with van der Waals surface area (Å²) in [7, 11) is -0.269. The molecule has 20 heavy (non-hydrogen) atoms. The number of nitrogens with zero attached hydrogens (tertiary/aromatic N) is 1. The van der Waals surface area contributed by atoms with Crippen LogP contribution in [0.15, 0.2) is 46.0 Å². The lowest BCUT2D eigenvalue weighted by atomic mass is 10.2. The summed E-state index contributed by atoms with van der Waals surface area (Å²) in [6.07, 6.45) is 0. The van der Waals surface area contributed by atoms with Crippen molar-refractivity contribution < 1.29 is 8.42 Å². The van der Waals surface area contributed by atoms with Crippen molar-refractivity contribution >= 4 is 21.4 Å². The molecule has 1 heterocycles. The second-order valence-electron chi connectivity index (χ2n) is 4.67. The molecule has 0 aliphatic rings. The Bertz CT molecular complexity index is 632. The number of hydrogen-bond acceptors (Lipinski definition) is 4. The highest BCUT2D eigenvalue weighted by Gasteiger charge is 2.16. The van der Waals surface area contributed by atoms with Crippen molar-refractivity contribution in [3.8, 4) is 0 Å². The molecule has 108 valence electrons. The third-order valence-corrected chi connectivity index (χ3v) is 5.50. The van der Waals surface area contributed by atoms with E-state index in [1.165, 1.54) is 24.0 Å². The van der Waals surface area contributed by atoms with Gasteiger partial charge in [0.25, 0.3) is 0 Å². The molecule has 0 saturated heterocycles. The summed E-state index contributed by atoms with van der Waals surface area (Å²) in [5.41, 5.74) is 2.33. The number of sulfonamides is 1. The second kappa shape index (κ2) is 6.49. The van der Waals surface area contributed by atoms with Crippen molar-refractivity contribution in [3.05, 3.63) is 52.2 Å². The van der Waals surface area contributed by atoms with Gasteiger partial charge in [0.05, 0.1) is 4.90 Å². The summed E-state index contributed by atoms with van der Waals surface area (Å²) >= 11 is 1.68. The Hall–Kier alpha value is -1.21. The van der Waals surface area contributed by atoms with Gasteiger partial charge in [-0.3, -0.25) is 0 Å². The minimum atomic E-state index is -3.34. The van der Waals surface area contributed by atoms with Gasteiger partial charge in [-0.05, 0) is 40.1 Å². The van der Waals surface area contributed by atoms with Crippen LogP contribution in [-0.4, -0.2) is 26.8 Å². The van der Waals surface area contributed by atoms with Crippen LogP contribution in [0.25, 0.3) is 0 Å². The van der Waals surface area contributed by atoms with E-state index in [9.17, 15) is 8.42 Å². The third kappa shape index (κ3) is 3.67. The van der Waals surface area contributed by atoms with Gasteiger partial charge in [-0.15, -0.1) is 0 Å². The maximum absolute atomic E-state index is 11.9. The highest BCUT2D eigenvalue weighted by molar-refractivity contribution is 7.89. The SMILES string of the molecule is CN(C)S(=O)(=O)c1ccc(CNCc2ccsc2)cc1. The van der Waals surface area contributed by atoms with Gasteiger partial charge in [-0.2, -0.15) is 11.3 Å². The molecule has 0 bridgehead atoms. The van der Waals surface area contributed by atoms with Crippen LogP contribution < -0.4 is 5.32 Å². The summed E-state index contributed by atoms with van der Waals surface area (Å²) in [4.78, 5) is 0.323. The molecule has 0 spiro atoms. The van der Waals surface area contributed by atoms with Crippen LogP contribution in [0.3, 0.4) is 0 Å². The fourth-order valence-electron chi connectivity index (χ4n) is 1.73. The molecule has 2 aromatic rings. The zero-order chi connectivity index (χ0) is 14.6. The molecule has 0 aliphatic carbocycles. The quantitative estimate of drug-likeness (QED) is 0.890. The van der Waals surface area contributed by atoms with E-state index >= 15 is 0 Å². The van der Waals surface area contributed by atoms with Gasteiger partial charge in [-0.25, -0.2) is 12.7 Å². The molecule has 4 nitrogen and oxygen atoms in total. The molecule has 0 unspecified atom stereocenters. The zero-order valence-corrected chi connectivity index (χ0v) is 13.2. The monoisotopic (exact) mass is 310 g/mol. The van der Waals surface area contributed by atoms with E-state index in [0.717, 1.165) is 18.7 Å². The predicted octanol–water partition coefficient (Wildman–Crippen LogP) is 2.29. The van der Waals surface area contributed by atoms with Crippen molar-refractivity contribution in [2.75, 3.05) is 14.1 Å². The fraction of sp³-hybridized carbons (Fsp3) is 0.286. The summed E-state index contributed by atoms with van der Waals surface area (Å²) in [6.45, 7) is 1.54. The molecule has 0 amide bonds. The number of nitrogens with one attached hydrogen (secondary N) is 1. The number of rotatable bonds is 6. The van der Waals surface area contributed by atoms with Gasteiger partial charge in [0, 0.05) is 27.2 Å². The summed E-state index contributed by atoms with van der Waals surface area (Å²) in [5, 5.41) is 7.50. The van der Waals surface area contributed by atoms with Crippen LogP contribution in [0.2, 0.25) is 0 Å². The van der Waals surface area contributed by atoms with E-state index in [1.807, 2.05) is 12.1 Å². The zero-order valence-electron chi connectivity index (χ0n) is 11.5. The van der Waals surface area contributed by atoms with Crippen LogP contribution in [0, 0.1) is 0 Å². The molecule has 1 aromatic heterocycles. The highest BCUT2D eigenvalue weighted by atomic mass is 32.2. The van der Waals surface area contributed by atoms with Crippen molar-refractivity contribution in [2.24, 2.45) is 0 Å². The Morgan fingerprint density at radius 1 is 1.05 bits per heavy atom. The minimum absolute atomic E-state index is 0.323. The van der Waals surface area contributed by atoms with Gasteiger partial charge in [0.1, 0.15) is 0 Å². The Labute approximate surface area is 124 Å². The predicted molar refractivity (Wildman–Crippen MR) is 82.2 cm³/mol. The van der Waals surface area contributed by atoms with E-state index in [4.69, 9.17) is 0 Å². The number of hydrogen-bond donors (Lipinski definition) is 1. The van der Waals surface area contributed by atoms with Crippen LogP contribution in [-0.2, 0) is 23.1 Å². The summed E-state index contributed by atoms with van der Waals surface area (Å²) in [5.74, 6) is 0. The first-order valence-corrected chi connectivity index (χ1v) is 8.62. The van der Waals surface area contributed by atoms with Gasteiger partial charge < -0.3 is 5.32 Å². The average molecular weight is 310 g/mol. The van der Waals surface area contributed by atoms with E-state index in [2.05, 4.69) is 22.1 Å². The van der Waals surface area contributed by atoms with Crippen molar-refractivity contribution in [3.63, 3.8) is 0 Å². The smallest absolute Gasteiger partial charge is 0.242 e. The van der Waals surface area contributed by atoms with E-state index in [1.54, 1.807) is 23.5 Å². The van der Waals surface area contributed by atoms with Crippen molar-refractivity contribution in [2.45, 2.75) is 18.0 Å².